The van der Waals surface area contributed by atoms with Gasteiger partial charge in [0, 0.05) is 41.6 Å². The van der Waals surface area contributed by atoms with Crippen molar-refractivity contribution in [3.8, 4) is 21.8 Å². The molecule has 0 spiro atoms. The summed E-state index contributed by atoms with van der Waals surface area (Å²) in [5.41, 5.74) is 4.73. The molecule has 2 N–H and O–H groups in total. The Hall–Kier alpha value is -3.78. The Morgan fingerprint density at radius 1 is 1.13 bits per heavy atom. The lowest BCUT2D eigenvalue weighted by atomic mass is 10.1. The van der Waals surface area contributed by atoms with E-state index in [4.69, 9.17) is 0 Å². The smallest absolute Gasteiger partial charge is 0.224 e. The molecule has 1 amide bonds. The molecule has 31 heavy (non-hydrogen) atoms. The van der Waals surface area contributed by atoms with Crippen LogP contribution in [-0.2, 0) is 17.8 Å². The number of para-hydroxylation sites is 1. The fourth-order valence-electron chi connectivity index (χ4n) is 3.67. The molecule has 8 heteroatoms. The number of hydrogen-bond acceptors (Lipinski definition) is 5. The number of amides is 1. The van der Waals surface area contributed by atoms with E-state index < -0.39 is 0 Å². The van der Waals surface area contributed by atoms with Gasteiger partial charge >= 0.3 is 0 Å². The number of carbonyl (C=O) groups is 1. The molecule has 5 rings (SSSR count). The maximum absolute atomic E-state index is 12.5. The van der Waals surface area contributed by atoms with Crippen molar-refractivity contribution in [2.75, 3.05) is 6.54 Å². The van der Waals surface area contributed by atoms with Gasteiger partial charge in [-0.05, 0) is 23.1 Å². The highest BCUT2D eigenvalue weighted by molar-refractivity contribution is 7.13. The van der Waals surface area contributed by atoms with E-state index in [1.807, 2.05) is 52.8 Å². The number of H-pyrrole nitrogens is 1. The van der Waals surface area contributed by atoms with Gasteiger partial charge in [-0.1, -0.05) is 24.3 Å². The summed E-state index contributed by atoms with van der Waals surface area (Å²) >= 11 is 1.65. The number of thiophene rings is 1. The fourth-order valence-corrected chi connectivity index (χ4v) is 4.46. The Labute approximate surface area is 182 Å². The van der Waals surface area contributed by atoms with Crippen molar-refractivity contribution in [3.05, 3.63) is 78.3 Å². The lowest BCUT2D eigenvalue weighted by molar-refractivity contribution is -0.120. The second-order valence-corrected chi connectivity index (χ2v) is 8.03. The summed E-state index contributed by atoms with van der Waals surface area (Å²) in [6.45, 7) is 1.05. The summed E-state index contributed by atoms with van der Waals surface area (Å²) in [6.07, 6.45) is 9.12. The van der Waals surface area contributed by atoms with Crippen molar-refractivity contribution in [1.82, 2.24) is 30.0 Å². The van der Waals surface area contributed by atoms with Gasteiger partial charge in [-0.15, -0.1) is 11.3 Å². The quantitative estimate of drug-likeness (QED) is 0.411. The SMILES string of the molecule is O=C(Cc1c[nH]c2ccccc12)NCCn1ncc(-c2cnccn2)c1-c1cccs1. The first-order chi connectivity index (χ1) is 15.3. The van der Waals surface area contributed by atoms with E-state index in [1.54, 1.807) is 29.9 Å². The first kappa shape index (κ1) is 19.2. The molecule has 4 heterocycles. The van der Waals surface area contributed by atoms with Crippen LogP contribution in [0.1, 0.15) is 5.56 Å². The number of nitrogens with one attached hydrogen (secondary N) is 2. The van der Waals surface area contributed by atoms with Gasteiger partial charge in [0.15, 0.2) is 0 Å². The number of hydrogen-bond donors (Lipinski definition) is 2. The topological polar surface area (TPSA) is 88.5 Å². The predicted octanol–water partition coefficient (Wildman–Crippen LogP) is 3.91. The Morgan fingerprint density at radius 3 is 2.90 bits per heavy atom. The number of fused-ring (bicyclic) bond motifs is 1. The molecule has 0 fully saturated rings. The molecule has 0 atom stereocenters. The zero-order valence-corrected chi connectivity index (χ0v) is 17.5. The average molecular weight is 429 g/mol. The molecular formula is C23H20N6OS. The van der Waals surface area contributed by atoms with Gasteiger partial charge in [-0.3, -0.25) is 19.4 Å². The van der Waals surface area contributed by atoms with Gasteiger partial charge < -0.3 is 10.3 Å². The zero-order valence-electron chi connectivity index (χ0n) is 16.7. The number of aromatic amines is 1. The molecule has 5 aromatic rings. The monoisotopic (exact) mass is 428 g/mol. The number of benzene rings is 1. The number of carbonyl (C=O) groups excluding carboxylic acids is 1. The van der Waals surface area contributed by atoms with Crippen molar-refractivity contribution >= 4 is 28.1 Å². The van der Waals surface area contributed by atoms with Crippen molar-refractivity contribution in [2.45, 2.75) is 13.0 Å². The Bertz CT molecular complexity index is 1310. The van der Waals surface area contributed by atoms with Gasteiger partial charge in [0.2, 0.25) is 5.91 Å². The second-order valence-electron chi connectivity index (χ2n) is 7.08. The van der Waals surface area contributed by atoms with Crippen LogP contribution >= 0.6 is 11.3 Å². The van der Waals surface area contributed by atoms with E-state index in [-0.39, 0.29) is 5.91 Å². The molecule has 4 aromatic heterocycles. The molecule has 0 aliphatic heterocycles. The summed E-state index contributed by atoms with van der Waals surface area (Å²) in [6, 6.07) is 12.1. The minimum atomic E-state index is -0.0104. The van der Waals surface area contributed by atoms with Crippen LogP contribution in [0, 0.1) is 0 Å². The summed E-state index contributed by atoms with van der Waals surface area (Å²) in [5, 5.41) is 10.7. The van der Waals surface area contributed by atoms with Gasteiger partial charge in [-0.25, -0.2) is 0 Å². The van der Waals surface area contributed by atoms with Crippen LogP contribution in [0.15, 0.2) is 72.8 Å². The Balaban J connectivity index is 1.29. The summed E-state index contributed by atoms with van der Waals surface area (Å²) < 4.78 is 1.92. The highest BCUT2D eigenvalue weighted by atomic mass is 32.1. The Morgan fingerprint density at radius 2 is 2.06 bits per heavy atom. The molecule has 0 radical (unpaired) electrons. The fraction of sp³-hybridized carbons (Fsp3) is 0.130. The number of nitrogens with zero attached hydrogens (tertiary/aromatic N) is 4. The molecule has 0 saturated heterocycles. The highest BCUT2D eigenvalue weighted by Crippen LogP contribution is 2.33. The van der Waals surface area contributed by atoms with E-state index in [2.05, 4.69) is 31.4 Å². The minimum Gasteiger partial charge on any atom is -0.361 e. The van der Waals surface area contributed by atoms with Gasteiger partial charge in [0.1, 0.15) is 0 Å². The molecule has 7 nitrogen and oxygen atoms in total. The Kier molecular flexibility index (Phi) is 5.28. The van der Waals surface area contributed by atoms with Crippen LogP contribution in [0.5, 0.6) is 0 Å². The molecule has 0 aliphatic rings. The van der Waals surface area contributed by atoms with Crippen LogP contribution in [-0.4, -0.2) is 37.2 Å². The van der Waals surface area contributed by atoms with Gasteiger partial charge in [0.25, 0.3) is 0 Å². The van der Waals surface area contributed by atoms with Crippen LogP contribution in [0.2, 0.25) is 0 Å². The molecule has 1 aromatic carbocycles. The number of aromatic nitrogens is 5. The molecule has 0 bridgehead atoms. The maximum atomic E-state index is 12.5. The normalized spacial score (nSPS) is 11.1. The number of rotatable bonds is 7. The predicted molar refractivity (Wildman–Crippen MR) is 122 cm³/mol. The minimum absolute atomic E-state index is 0.0104. The first-order valence-electron chi connectivity index (χ1n) is 9.97. The maximum Gasteiger partial charge on any atom is 0.224 e. The third kappa shape index (κ3) is 3.97. The standard InChI is InChI=1S/C23H20N6OS/c30-22(12-16-13-27-19-5-2-1-4-17(16)19)26-9-10-29-23(21-6-3-11-31-21)18(14-28-29)20-15-24-7-8-25-20/h1-8,11,13-15,27H,9-10,12H2,(H,26,30). The summed E-state index contributed by atoms with van der Waals surface area (Å²) in [4.78, 5) is 25.4. The summed E-state index contributed by atoms with van der Waals surface area (Å²) in [7, 11) is 0. The van der Waals surface area contributed by atoms with Crippen molar-refractivity contribution in [2.24, 2.45) is 0 Å². The molecule has 0 aliphatic carbocycles. The van der Waals surface area contributed by atoms with E-state index in [0.717, 1.165) is 38.3 Å². The van der Waals surface area contributed by atoms with E-state index in [9.17, 15) is 4.79 Å². The van der Waals surface area contributed by atoms with Crippen molar-refractivity contribution in [3.63, 3.8) is 0 Å². The largest absolute Gasteiger partial charge is 0.361 e. The lowest BCUT2D eigenvalue weighted by Gasteiger charge is -2.09. The summed E-state index contributed by atoms with van der Waals surface area (Å²) in [5.74, 6) is -0.0104. The highest BCUT2D eigenvalue weighted by Gasteiger charge is 2.17. The van der Waals surface area contributed by atoms with E-state index in [0.29, 0.717) is 19.5 Å². The first-order valence-corrected chi connectivity index (χ1v) is 10.9. The second kappa shape index (κ2) is 8.53. The van der Waals surface area contributed by atoms with Gasteiger partial charge in [0.05, 0.1) is 41.6 Å². The van der Waals surface area contributed by atoms with Crippen LogP contribution in [0.25, 0.3) is 32.7 Å². The van der Waals surface area contributed by atoms with Crippen LogP contribution in [0.3, 0.4) is 0 Å². The van der Waals surface area contributed by atoms with Crippen molar-refractivity contribution < 1.29 is 4.79 Å². The van der Waals surface area contributed by atoms with E-state index in [1.165, 1.54) is 0 Å². The zero-order chi connectivity index (χ0) is 21.0. The molecule has 0 unspecified atom stereocenters. The third-order valence-corrected chi connectivity index (χ3v) is 5.98. The van der Waals surface area contributed by atoms with Crippen LogP contribution < -0.4 is 5.32 Å². The molecular weight excluding hydrogens is 408 g/mol. The molecule has 154 valence electrons. The third-order valence-electron chi connectivity index (χ3n) is 5.10. The van der Waals surface area contributed by atoms with E-state index >= 15 is 0 Å². The average Bonchev–Trinajstić information content (AvgIpc) is 3.54. The van der Waals surface area contributed by atoms with Gasteiger partial charge in [-0.2, -0.15) is 5.10 Å². The lowest BCUT2D eigenvalue weighted by Crippen LogP contribution is -2.29. The van der Waals surface area contributed by atoms with Crippen molar-refractivity contribution in [1.29, 1.82) is 0 Å². The molecule has 0 saturated carbocycles. The van der Waals surface area contributed by atoms with Crippen LogP contribution in [0.4, 0.5) is 0 Å².